The van der Waals surface area contributed by atoms with Crippen molar-refractivity contribution in [3.63, 3.8) is 0 Å². The Labute approximate surface area is 221 Å². The molecule has 1 fully saturated rings. The smallest absolute Gasteiger partial charge is 0.345 e. The molecule has 0 spiro atoms. The van der Waals surface area contributed by atoms with E-state index in [1.165, 1.54) is 31.4 Å². The normalized spacial score (nSPS) is 14.3. The molecule has 1 saturated heterocycles. The van der Waals surface area contributed by atoms with Gasteiger partial charge in [0.15, 0.2) is 11.5 Å². The van der Waals surface area contributed by atoms with Crippen molar-refractivity contribution >= 4 is 58.2 Å². The fraction of sp³-hybridized carbons (Fsp3) is 0.115. The Morgan fingerprint density at radius 2 is 1.81 bits per heavy atom. The Hall–Kier alpha value is -3.46. The Morgan fingerprint density at radius 3 is 2.53 bits per heavy atom. The molecule has 0 aliphatic carbocycles. The highest BCUT2D eigenvalue weighted by Crippen LogP contribution is 2.38. The predicted molar refractivity (Wildman–Crippen MR) is 139 cm³/mol. The van der Waals surface area contributed by atoms with Gasteiger partial charge < -0.3 is 14.2 Å². The Morgan fingerprint density at radius 1 is 1.03 bits per heavy atom. The van der Waals surface area contributed by atoms with Crippen LogP contribution < -0.4 is 14.2 Å². The molecule has 0 aromatic heterocycles. The molecular formula is C26H19Cl2NO6S. The number of rotatable bonds is 8. The molecule has 3 aromatic rings. The van der Waals surface area contributed by atoms with Gasteiger partial charge in [-0.15, -0.1) is 0 Å². The van der Waals surface area contributed by atoms with E-state index in [1.54, 1.807) is 30.3 Å². The summed E-state index contributed by atoms with van der Waals surface area (Å²) in [5, 5.41) is 0.0829. The fourth-order valence-corrected chi connectivity index (χ4v) is 4.67. The lowest BCUT2D eigenvalue weighted by atomic mass is 10.1. The minimum atomic E-state index is -0.734. The van der Waals surface area contributed by atoms with Crippen molar-refractivity contribution in [3.8, 4) is 17.2 Å². The number of halogens is 2. The van der Waals surface area contributed by atoms with E-state index < -0.39 is 17.1 Å². The first-order valence-electron chi connectivity index (χ1n) is 10.6. The third kappa shape index (κ3) is 5.84. The summed E-state index contributed by atoms with van der Waals surface area (Å²) in [6.07, 6.45) is 1.48. The summed E-state index contributed by atoms with van der Waals surface area (Å²) in [5.41, 5.74) is 0.482. The summed E-state index contributed by atoms with van der Waals surface area (Å²) in [6, 6.07) is 18.4. The lowest BCUT2D eigenvalue weighted by Crippen LogP contribution is -2.32. The lowest BCUT2D eigenvalue weighted by molar-refractivity contribution is -0.123. The van der Waals surface area contributed by atoms with Crippen molar-refractivity contribution in [3.05, 3.63) is 92.8 Å². The van der Waals surface area contributed by atoms with Gasteiger partial charge in [-0.1, -0.05) is 53.5 Å². The van der Waals surface area contributed by atoms with Gasteiger partial charge in [0.25, 0.3) is 11.1 Å². The molecule has 1 heterocycles. The van der Waals surface area contributed by atoms with Crippen LogP contribution in [0.25, 0.3) is 6.08 Å². The second kappa shape index (κ2) is 11.5. The number of nitrogens with zero attached hydrogens (tertiary/aromatic N) is 1. The van der Waals surface area contributed by atoms with Crippen LogP contribution >= 0.6 is 35.0 Å². The van der Waals surface area contributed by atoms with Gasteiger partial charge in [-0.3, -0.25) is 14.5 Å². The van der Waals surface area contributed by atoms with E-state index in [-0.39, 0.29) is 40.1 Å². The van der Waals surface area contributed by atoms with E-state index in [1.807, 2.05) is 18.2 Å². The molecule has 1 aliphatic heterocycles. The zero-order valence-corrected chi connectivity index (χ0v) is 21.2. The van der Waals surface area contributed by atoms with Gasteiger partial charge in [-0.2, -0.15) is 0 Å². The van der Waals surface area contributed by atoms with Gasteiger partial charge in [0.2, 0.25) is 0 Å². The number of amides is 2. The molecule has 1 aliphatic rings. The maximum absolute atomic E-state index is 12.9. The maximum Gasteiger partial charge on any atom is 0.345 e. The van der Waals surface area contributed by atoms with E-state index >= 15 is 0 Å². The SMILES string of the molecule is COc1cccc(/C=C2\SC(=O)N(CCOc3ccccc3)C2=O)c1OC(=O)c1ccc(Cl)cc1Cl. The lowest BCUT2D eigenvalue weighted by Gasteiger charge is -2.14. The van der Waals surface area contributed by atoms with Gasteiger partial charge in [0.1, 0.15) is 12.4 Å². The van der Waals surface area contributed by atoms with Crippen molar-refractivity contribution in [2.75, 3.05) is 20.3 Å². The topological polar surface area (TPSA) is 82.1 Å². The number of carbonyl (C=O) groups excluding carboxylic acids is 3. The summed E-state index contributed by atoms with van der Waals surface area (Å²) in [6.45, 7) is 0.241. The van der Waals surface area contributed by atoms with Crippen LogP contribution in [0.2, 0.25) is 10.0 Å². The average Bonchev–Trinajstić information content (AvgIpc) is 3.13. The molecule has 2 amide bonds. The number of benzene rings is 3. The van der Waals surface area contributed by atoms with Crippen molar-refractivity contribution in [2.24, 2.45) is 0 Å². The monoisotopic (exact) mass is 543 g/mol. The van der Waals surface area contributed by atoms with E-state index in [4.69, 9.17) is 37.4 Å². The number of thioether (sulfide) groups is 1. The quantitative estimate of drug-likeness (QED) is 0.186. The van der Waals surface area contributed by atoms with Gasteiger partial charge in [0.05, 0.1) is 29.1 Å². The average molecular weight is 544 g/mol. The Bertz CT molecular complexity index is 1350. The number of hydrogen-bond donors (Lipinski definition) is 0. The second-order valence-electron chi connectivity index (χ2n) is 7.39. The second-order valence-corrected chi connectivity index (χ2v) is 9.22. The third-order valence-corrected chi connectivity index (χ3v) is 6.52. The number of imide groups is 1. The molecule has 10 heteroatoms. The van der Waals surface area contributed by atoms with Gasteiger partial charge in [-0.25, -0.2) is 4.79 Å². The molecule has 0 saturated carbocycles. The van der Waals surface area contributed by atoms with Crippen LogP contribution in [-0.4, -0.2) is 42.3 Å². The van der Waals surface area contributed by atoms with Gasteiger partial charge in [-0.05, 0) is 54.2 Å². The molecule has 3 aromatic carbocycles. The predicted octanol–water partition coefficient (Wildman–Crippen LogP) is 6.34. The summed E-state index contributed by atoms with van der Waals surface area (Å²) >= 11 is 12.8. The number of para-hydroxylation sites is 2. The zero-order valence-electron chi connectivity index (χ0n) is 18.9. The summed E-state index contributed by atoms with van der Waals surface area (Å²) in [4.78, 5) is 39.6. The number of ether oxygens (including phenoxy) is 3. The molecule has 36 heavy (non-hydrogen) atoms. The first-order chi connectivity index (χ1) is 17.4. The highest BCUT2D eigenvalue weighted by Gasteiger charge is 2.35. The summed E-state index contributed by atoms with van der Waals surface area (Å²) in [5.74, 6) is -0.221. The molecule has 0 atom stereocenters. The maximum atomic E-state index is 12.9. The van der Waals surface area contributed by atoms with Crippen LogP contribution in [0.5, 0.6) is 17.2 Å². The van der Waals surface area contributed by atoms with Crippen molar-refractivity contribution in [1.82, 2.24) is 4.90 Å². The minimum absolute atomic E-state index is 0.0789. The van der Waals surface area contributed by atoms with Crippen LogP contribution in [-0.2, 0) is 4.79 Å². The van der Waals surface area contributed by atoms with Gasteiger partial charge in [0, 0.05) is 10.6 Å². The van der Waals surface area contributed by atoms with Crippen LogP contribution in [0.4, 0.5) is 4.79 Å². The third-order valence-electron chi connectivity index (χ3n) is 5.06. The van der Waals surface area contributed by atoms with E-state index in [2.05, 4.69) is 0 Å². The van der Waals surface area contributed by atoms with Crippen molar-refractivity contribution < 1.29 is 28.6 Å². The molecule has 0 bridgehead atoms. The van der Waals surface area contributed by atoms with Crippen molar-refractivity contribution in [1.29, 1.82) is 0 Å². The van der Waals surface area contributed by atoms with Crippen LogP contribution in [0.15, 0.2) is 71.6 Å². The van der Waals surface area contributed by atoms with Crippen LogP contribution in [0, 0.1) is 0 Å². The van der Waals surface area contributed by atoms with Crippen LogP contribution in [0.1, 0.15) is 15.9 Å². The number of carbonyl (C=O) groups is 3. The number of esters is 1. The molecule has 0 unspecified atom stereocenters. The largest absolute Gasteiger partial charge is 0.493 e. The molecular weight excluding hydrogens is 525 g/mol. The number of hydrogen-bond acceptors (Lipinski definition) is 7. The van der Waals surface area contributed by atoms with E-state index in [0.717, 1.165) is 16.7 Å². The molecule has 0 radical (unpaired) electrons. The van der Waals surface area contributed by atoms with E-state index in [9.17, 15) is 14.4 Å². The number of methoxy groups -OCH3 is 1. The highest BCUT2D eigenvalue weighted by molar-refractivity contribution is 8.18. The van der Waals surface area contributed by atoms with Gasteiger partial charge >= 0.3 is 5.97 Å². The minimum Gasteiger partial charge on any atom is -0.493 e. The Balaban J connectivity index is 1.54. The summed E-state index contributed by atoms with van der Waals surface area (Å²) < 4.78 is 16.6. The highest BCUT2D eigenvalue weighted by atomic mass is 35.5. The molecule has 4 rings (SSSR count). The first-order valence-corrected chi connectivity index (χ1v) is 12.2. The summed E-state index contributed by atoms with van der Waals surface area (Å²) in [7, 11) is 1.42. The molecule has 7 nitrogen and oxygen atoms in total. The standard InChI is InChI=1S/C26H19Cl2NO6S/c1-33-21-9-5-6-16(23(21)35-25(31)19-11-10-17(27)15-20(19)28)14-22-24(30)29(26(32)36-22)12-13-34-18-7-3-2-4-8-18/h2-11,14-15H,12-13H2,1H3/b22-14-. The van der Waals surface area contributed by atoms with Crippen LogP contribution in [0.3, 0.4) is 0 Å². The molecule has 184 valence electrons. The Kier molecular flexibility index (Phi) is 8.20. The fourth-order valence-electron chi connectivity index (χ4n) is 3.32. The van der Waals surface area contributed by atoms with E-state index in [0.29, 0.717) is 16.3 Å². The first kappa shape index (κ1) is 25.6. The van der Waals surface area contributed by atoms with Crippen molar-refractivity contribution in [2.45, 2.75) is 0 Å². The zero-order chi connectivity index (χ0) is 25.7. The molecule has 0 N–H and O–H groups in total.